The molecule has 0 atom stereocenters. The lowest BCUT2D eigenvalue weighted by Crippen LogP contribution is -2.18. The summed E-state index contributed by atoms with van der Waals surface area (Å²) < 4.78 is 5.91. The second-order valence-electron chi connectivity index (χ2n) is 4.17. The lowest BCUT2D eigenvalue weighted by Gasteiger charge is -2.15. The smallest absolute Gasteiger partial charge is 0.162 e. The zero-order chi connectivity index (χ0) is 14.1. The first-order valence-corrected chi connectivity index (χ1v) is 6.91. The molecule has 6 nitrogen and oxygen atoms in total. The first-order chi connectivity index (χ1) is 9.70. The first-order valence-electron chi connectivity index (χ1n) is 5.75. The molecular formula is C12H9ClN6S. The van der Waals surface area contributed by atoms with Crippen molar-refractivity contribution in [1.82, 2.24) is 19.0 Å². The number of fused-ring (bicyclic) bond motifs is 1. The summed E-state index contributed by atoms with van der Waals surface area (Å²) in [5.41, 5.74) is 1.19. The minimum Gasteiger partial charge on any atom is -0.357 e. The second kappa shape index (κ2) is 5.07. The van der Waals surface area contributed by atoms with Gasteiger partial charge < -0.3 is 4.90 Å². The molecular weight excluding hydrogens is 296 g/mol. The molecule has 0 saturated carbocycles. The molecule has 0 aliphatic heterocycles. The Morgan fingerprint density at radius 3 is 3.10 bits per heavy atom. The van der Waals surface area contributed by atoms with Crippen LogP contribution in [0.5, 0.6) is 0 Å². The average Bonchev–Trinajstić information content (AvgIpc) is 3.03. The number of anilines is 1. The van der Waals surface area contributed by atoms with E-state index in [1.807, 2.05) is 40.7 Å². The van der Waals surface area contributed by atoms with Gasteiger partial charge in [0.2, 0.25) is 0 Å². The van der Waals surface area contributed by atoms with Crippen LogP contribution in [0.2, 0.25) is 5.15 Å². The van der Waals surface area contributed by atoms with Crippen molar-refractivity contribution in [3.8, 4) is 6.07 Å². The largest absolute Gasteiger partial charge is 0.357 e. The maximum atomic E-state index is 9.11. The van der Waals surface area contributed by atoms with Crippen molar-refractivity contribution in [2.75, 3.05) is 11.9 Å². The van der Waals surface area contributed by atoms with E-state index in [9.17, 15) is 0 Å². The number of halogens is 1. The van der Waals surface area contributed by atoms with E-state index in [-0.39, 0.29) is 5.15 Å². The quantitative estimate of drug-likeness (QED) is 0.743. The van der Waals surface area contributed by atoms with Gasteiger partial charge in [-0.1, -0.05) is 17.7 Å². The highest BCUT2D eigenvalue weighted by molar-refractivity contribution is 7.10. The molecule has 100 valence electrons. The summed E-state index contributed by atoms with van der Waals surface area (Å²) in [6.07, 6.45) is 1.91. The maximum absolute atomic E-state index is 9.11. The molecule has 0 fully saturated rings. The van der Waals surface area contributed by atoms with Gasteiger partial charge in [0.25, 0.3) is 0 Å². The molecule has 3 aromatic rings. The third-order valence-corrected chi connectivity index (χ3v) is 4.19. The van der Waals surface area contributed by atoms with Gasteiger partial charge in [-0.3, -0.25) is 4.40 Å². The van der Waals surface area contributed by atoms with Crippen molar-refractivity contribution in [2.45, 2.75) is 6.54 Å². The highest BCUT2D eigenvalue weighted by Gasteiger charge is 2.17. The molecule has 0 aliphatic carbocycles. The van der Waals surface area contributed by atoms with Crippen molar-refractivity contribution in [3.63, 3.8) is 0 Å². The van der Waals surface area contributed by atoms with Crippen molar-refractivity contribution in [3.05, 3.63) is 40.9 Å². The van der Waals surface area contributed by atoms with Crippen LogP contribution in [-0.2, 0) is 6.54 Å². The summed E-state index contributed by atoms with van der Waals surface area (Å²) >= 11 is 7.08. The monoisotopic (exact) mass is 304 g/mol. The molecule has 0 aliphatic rings. The van der Waals surface area contributed by atoms with Crippen molar-refractivity contribution < 1.29 is 0 Å². The van der Waals surface area contributed by atoms with Crippen LogP contribution in [0.4, 0.5) is 5.00 Å². The topological polar surface area (TPSA) is 70.1 Å². The van der Waals surface area contributed by atoms with E-state index in [1.165, 1.54) is 11.5 Å². The average molecular weight is 305 g/mol. The van der Waals surface area contributed by atoms with Crippen LogP contribution < -0.4 is 4.90 Å². The van der Waals surface area contributed by atoms with Crippen LogP contribution in [-0.4, -0.2) is 26.0 Å². The fraction of sp³-hybridized carbons (Fsp3) is 0.167. The lowest BCUT2D eigenvalue weighted by atomic mass is 10.3. The molecule has 3 heterocycles. The summed E-state index contributed by atoms with van der Waals surface area (Å²) in [4.78, 5) is 1.89. The molecule has 8 heteroatoms. The number of nitriles is 1. The summed E-state index contributed by atoms with van der Waals surface area (Å²) in [6.45, 7) is 0.512. The second-order valence-corrected chi connectivity index (χ2v) is 5.28. The molecule has 3 rings (SSSR count). The van der Waals surface area contributed by atoms with Crippen LogP contribution >= 0.6 is 23.1 Å². The fourth-order valence-corrected chi connectivity index (χ4v) is 2.89. The predicted octanol–water partition coefficient (Wildman–Crippen LogP) is 2.35. The van der Waals surface area contributed by atoms with E-state index in [0.717, 1.165) is 16.5 Å². The van der Waals surface area contributed by atoms with Gasteiger partial charge in [0.05, 0.1) is 6.54 Å². The Balaban J connectivity index is 1.93. The Morgan fingerprint density at radius 1 is 1.45 bits per heavy atom. The molecule has 0 amide bonds. The summed E-state index contributed by atoms with van der Waals surface area (Å²) in [5, 5.41) is 18.3. The van der Waals surface area contributed by atoms with Crippen molar-refractivity contribution in [1.29, 1.82) is 5.26 Å². The Labute approximate surface area is 124 Å². The molecule has 0 bridgehead atoms. The summed E-state index contributed by atoms with van der Waals surface area (Å²) in [7, 11) is 1.87. The summed E-state index contributed by atoms with van der Waals surface area (Å²) in [5.74, 6) is 0.788. The van der Waals surface area contributed by atoms with Gasteiger partial charge in [0.1, 0.15) is 16.6 Å². The van der Waals surface area contributed by atoms with Crippen LogP contribution in [0.3, 0.4) is 0 Å². The minimum absolute atomic E-state index is 0.241. The van der Waals surface area contributed by atoms with Gasteiger partial charge in [0, 0.05) is 13.2 Å². The normalized spacial score (nSPS) is 10.7. The summed E-state index contributed by atoms with van der Waals surface area (Å²) in [6, 6.07) is 7.79. The van der Waals surface area contributed by atoms with Crippen LogP contribution in [0.15, 0.2) is 24.4 Å². The van der Waals surface area contributed by atoms with E-state index in [0.29, 0.717) is 12.1 Å². The maximum Gasteiger partial charge on any atom is 0.162 e. The highest BCUT2D eigenvalue weighted by atomic mass is 35.5. The van der Waals surface area contributed by atoms with Gasteiger partial charge >= 0.3 is 0 Å². The van der Waals surface area contributed by atoms with E-state index in [1.54, 1.807) is 0 Å². The molecule has 0 aromatic carbocycles. The van der Waals surface area contributed by atoms with Gasteiger partial charge in [-0.15, -0.1) is 10.2 Å². The van der Waals surface area contributed by atoms with Gasteiger partial charge in [-0.05, 0) is 23.7 Å². The number of rotatable bonds is 3. The standard InChI is InChI=1S/C12H9ClN6S/c1-18(12-8(6-14)11(13)17-20-12)7-10-16-15-9-4-2-3-5-19(9)10/h2-5H,7H2,1H3. The molecule has 0 saturated heterocycles. The molecule has 0 unspecified atom stereocenters. The zero-order valence-electron chi connectivity index (χ0n) is 10.5. The molecule has 0 N–H and O–H groups in total. The highest BCUT2D eigenvalue weighted by Crippen LogP contribution is 2.30. The Morgan fingerprint density at radius 2 is 2.30 bits per heavy atom. The van der Waals surface area contributed by atoms with Crippen LogP contribution in [0, 0.1) is 11.3 Å². The van der Waals surface area contributed by atoms with E-state index >= 15 is 0 Å². The molecule has 20 heavy (non-hydrogen) atoms. The molecule has 0 radical (unpaired) electrons. The Kier molecular flexibility index (Phi) is 3.26. The predicted molar refractivity (Wildman–Crippen MR) is 76.9 cm³/mol. The Bertz CT molecular complexity index is 802. The van der Waals surface area contributed by atoms with E-state index < -0.39 is 0 Å². The van der Waals surface area contributed by atoms with Gasteiger partial charge in [-0.2, -0.15) is 9.64 Å². The number of nitrogens with zero attached hydrogens (tertiary/aromatic N) is 6. The SMILES string of the molecule is CN(Cc1nnc2ccccn12)c1snc(Cl)c1C#N. The van der Waals surface area contributed by atoms with Gasteiger partial charge in [0.15, 0.2) is 16.6 Å². The van der Waals surface area contributed by atoms with Crippen molar-refractivity contribution in [2.24, 2.45) is 0 Å². The van der Waals surface area contributed by atoms with Gasteiger partial charge in [-0.25, -0.2) is 0 Å². The zero-order valence-corrected chi connectivity index (χ0v) is 12.1. The Hall–Kier alpha value is -2.17. The lowest BCUT2D eigenvalue weighted by molar-refractivity contribution is 0.826. The van der Waals surface area contributed by atoms with Crippen LogP contribution in [0.1, 0.15) is 11.4 Å². The first kappa shape index (κ1) is 12.8. The number of hydrogen-bond donors (Lipinski definition) is 0. The number of aromatic nitrogens is 4. The minimum atomic E-state index is 0.241. The van der Waals surface area contributed by atoms with Crippen molar-refractivity contribution >= 4 is 33.8 Å². The number of pyridine rings is 1. The van der Waals surface area contributed by atoms with Crippen LogP contribution in [0.25, 0.3) is 5.65 Å². The molecule has 3 aromatic heterocycles. The molecule has 0 spiro atoms. The fourth-order valence-electron chi connectivity index (χ4n) is 1.90. The van der Waals surface area contributed by atoms with E-state index in [2.05, 4.69) is 20.6 Å². The number of hydrogen-bond acceptors (Lipinski definition) is 6. The van der Waals surface area contributed by atoms with E-state index in [4.69, 9.17) is 16.9 Å². The third kappa shape index (κ3) is 2.09. The third-order valence-electron chi connectivity index (χ3n) is 2.85.